The Morgan fingerprint density at radius 2 is 1.90 bits per heavy atom. The number of hydrogen-bond donors (Lipinski definition) is 1. The van der Waals surface area contributed by atoms with Crippen LogP contribution in [-0.2, 0) is 17.1 Å². The van der Waals surface area contributed by atoms with Crippen molar-refractivity contribution in [1.29, 1.82) is 0 Å². The predicted molar refractivity (Wildman–Crippen MR) is 70.3 cm³/mol. The smallest absolute Gasteiger partial charge is 0.324 e. The van der Waals surface area contributed by atoms with Crippen LogP contribution in [0.2, 0.25) is 5.15 Å². The van der Waals surface area contributed by atoms with Gasteiger partial charge >= 0.3 is 6.18 Å². The number of aryl methyl sites for hydroxylation is 1. The molecule has 0 aliphatic heterocycles. The fraction of sp³-hybridized carbons (Fsp3) is 0.727. The van der Waals surface area contributed by atoms with Crippen LogP contribution in [-0.4, -0.2) is 30.2 Å². The van der Waals surface area contributed by atoms with Gasteiger partial charge in [0.2, 0.25) is 5.03 Å². The number of halogens is 4. The quantitative estimate of drug-likeness (QED) is 0.915. The average Bonchev–Trinajstić information content (AvgIpc) is 2.69. The number of hydrogen-bond acceptors (Lipinski definition) is 3. The van der Waals surface area contributed by atoms with E-state index < -0.39 is 28.2 Å². The first-order chi connectivity index (χ1) is 9.61. The number of rotatable bonds is 3. The second kappa shape index (κ2) is 5.77. The van der Waals surface area contributed by atoms with Gasteiger partial charge < -0.3 is 4.57 Å². The monoisotopic (exact) mass is 345 g/mol. The van der Waals surface area contributed by atoms with Crippen LogP contribution in [0.25, 0.3) is 0 Å². The van der Waals surface area contributed by atoms with Gasteiger partial charge in [0.05, 0.1) is 12.2 Å². The van der Waals surface area contributed by atoms with E-state index in [2.05, 4.69) is 9.71 Å². The van der Waals surface area contributed by atoms with Crippen LogP contribution in [0.4, 0.5) is 13.2 Å². The van der Waals surface area contributed by atoms with Gasteiger partial charge in [0.15, 0.2) is 0 Å². The molecule has 1 aliphatic rings. The highest BCUT2D eigenvalue weighted by atomic mass is 35.5. The Labute approximate surface area is 125 Å². The van der Waals surface area contributed by atoms with Crippen LogP contribution in [0.5, 0.6) is 0 Å². The molecule has 5 nitrogen and oxygen atoms in total. The molecule has 1 aromatic rings. The van der Waals surface area contributed by atoms with E-state index in [1.54, 1.807) is 7.05 Å². The predicted octanol–water partition coefficient (Wildman–Crippen LogP) is 2.47. The molecule has 1 aliphatic carbocycles. The lowest BCUT2D eigenvalue weighted by molar-refractivity contribution is -0.182. The largest absolute Gasteiger partial charge is 0.391 e. The van der Waals surface area contributed by atoms with Gasteiger partial charge in [-0.2, -0.15) is 13.2 Å². The van der Waals surface area contributed by atoms with E-state index in [4.69, 9.17) is 11.6 Å². The van der Waals surface area contributed by atoms with Crippen molar-refractivity contribution in [2.45, 2.75) is 42.9 Å². The molecule has 1 aromatic heterocycles. The van der Waals surface area contributed by atoms with E-state index in [0.717, 1.165) is 0 Å². The number of nitrogens with one attached hydrogen (secondary N) is 1. The Morgan fingerprint density at radius 3 is 2.33 bits per heavy atom. The summed E-state index contributed by atoms with van der Waals surface area (Å²) in [6.07, 6.45) is -2.81. The molecule has 1 fully saturated rings. The molecule has 21 heavy (non-hydrogen) atoms. The third-order valence-electron chi connectivity index (χ3n) is 3.60. The third-order valence-corrected chi connectivity index (χ3v) is 5.61. The van der Waals surface area contributed by atoms with E-state index in [9.17, 15) is 21.6 Å². The van der Waals surface area contributed by atoms with Gasteiger partial charge in [0.25, 0.3) is 10.0 Å². The second-order valence-electron chi connectivity index (χ2n) is 5.16. The van der Waals surface area contributed by atoms with Crippen LogP contribution < -0.4 is 4.72 Å². The summed E-state index contributed by atoms with van der Waals surface area (Å²) < 4.78 is 65.6. The van der Waals surface area contributed by atoms with Crippen molar-refractivity contribution in [1.82, 2.24) is 14.3 Å². The van der Waals surface area contributed by atoms with Crippen molar-refractivity contribution in [2.24, 2.45) is 13.0 Å². The number of nitrogens with zero attached hydrogens (tertiary/aromatic N) is 2. The summed E-state index contributed by atoms with van der Waals surface area (Å²) >= 11 is 5.83. The minimum Gasteiger partial charge on any atom is -0.324 e. The summed E-state index contributed by atoms with van der Waals surface area (Å²) in [4.78, 5) is 3.71. The number of aromatic nitrogens is 2. The zero-order valence-corrected chi connectivity index (χ0v) is 12.8. The molecule has 0 saturated heterocycles. The van der Waals surface area contributed by atoms with Gasteiger partial charge in [-0.1, -0.05) is 11.6 Å². The fourth-order valence-electron chi connectivity index (χ4n) is 2.39. The van der Waals surface area contributed by atoms with E-state index in [0.29, 0.717) is 0 Å². The van der Waals surface area contributed by atoms with Crippen LogP contribution in [0, 0.1) is 5.92 Å². The maximum absolute atomic E-state index is 12.6. The zero-order chi connectivity index (χ0) is 15.8. The summed E-state index contributed by atoms with van der Waals surface area (Å²) in [7, 11) is -2.37. The van der Waals surface area contributed by atoms with E-state index in [1.807, 2.05) is 0 Å². The van der Waals surface area contributed by atoms with Gasteiger partial charge in [-0.3, -0.25) is 0 Å². The summed E-state index contributed by atoms with van der Waals surface area (Å²) in [6.45, 7) is 0. The summed E-state index contributed by atoms with van der Waals surface area (Å²) in [5.74, 6) is -1.35. The molecular formula is C11H15ClF3N3O2S. The zero-order valence-electron chi connectivity index (χ0n) is 11.2. The molecule has 0 amide bonds. The molecule has 120 valence electrons. The lowest BCUT2D eigenvalue weighted by Gasteiger charge is -2.29. The van der Waals surface area contributed by atoms with Crippen LogP contribution in [0.1, 0.15) is 25.7 Å². The first-order valence-corrected chi connectivity index (χ1v) is 8.23. The van der Waals surface area contributed by atoms with Crippen LogP contribution >= 0.6 is 11.6 Å². The molecular weight excluding hydrogens is 331 g/mol. The maximum Gasteiger partial charge on any atom is 0.391 e. The van der Waals surface area contributed by atoms with Gasteiger partial charge in [-0.25, -0.2) is 18.1 Å². The summed E-state index contributed by atoms with van der Waals surface area (Å²) in [6, 6.07) is -0.522. The van der Waals surface area contributed by atoms with Crippen molar-refractivity contribution in [3.63, 3.8) is 0 Å². The molecule has 0 radical (unpaired) electrons. The first-order valence-electron chi connectivity index (χ1n) is 6.37. The molecule has 0 unspecified atom stereocenters. The molecule has 1 heterocycles. The Hall–Kier alpha value is -0.800. The van der Waals surface area contributed by atoms with Crippen molar-refractivity contribution in [2.75, 3.05) is 0 Å². The third kappa shape index (κ3) is 3.70. The molecule has 0 aromatic carbocycles. The van der Waals surface area contributed by atoms with Crippen LogP contribution in [0.3, 0.4) is 0 Å². The minimum atomic E-state index is -4.21. The highest BCUT2D eigenvalue weighted by Crippen LogP contribution is 2.37. The lowest BCUT2D eigenvalue weighted by atomic mass is 9.86. The minimum absolute atomic E-state index is 0.0357. The molecule has 1 N–H and O–H groups in total. The van der Waals surface area contributed by atoms with Crippen molar-refractivity contribution >= 4 is 21.6 Å². The molecule has 0 spiro atoms. The number of sulfonamides is 1. The Kier molecular flexibility index (Phi) is 4.55. The van der Waals surface area contributed by atoms with Gasteiger partial charge in [-0.05, 0) is 25.7 Å². The summed E-state index contributed by atoms with van der Waals surface area (Å²) in [5.41, 5.74) is 0. The number of imidazole rings is 1. The fourth-order valence-corrected chi connectivity index (χ4v) is 4.12. The Morgan fingerprint density at radius 1 is 1.33 bits per heavy atom. The SMILES string of the molecule is Cn1cnc(S(=O)(=O)NC2CCC(C(F)(F)F)CC2)c1Cl. The van der Waals surface area contributed by atoms with Crippen molar-refractivity contribution in [3.8, 4) is 0 Å². The Bertz CT molecular complexity index is 607. The van der Waals surface area contributed by atoms with Gasteiger partial charge in [0, 0.05) is 13.1 Å². The first kappa shape index (κ1) is 16.6. The van der Waals surface area contributed by atoms with E-state index in [1.165, 1.54) is 10.9 Å². The van der Waals surface area contributed by atoms with Crippen molar-refractivity contribution in [3.05, 3.63) is 11.5 Å². The molecule has 0 atom stereocenters. The Balaban J connectivity index is 2.02. The van der Waals surface area contributed by atoms with Gasteiger partial charge in [0.1, 0.15) is 5.15 Å². The topological polar surface area (TPSA) is 64.0 Å². The summed E-state index contributed by atoms with van der Waals surface area (Å²) in [5, 5.41) is -0.337. The average molecular weight is 346 g/mol. The maximum atomic E-state index is 12.6. The van der Waals surface area contributed by atoms with E-state index in [-0.39, 0.29) is 35.9 Å². The van der Waals surface area contributed by atoms with Crippen LogP contribution in [0.15, 0.2) is 11.4 Å². The van der Waals surface area contributed by atoms with Crippen molar-refractivity contribution < 1.29 is 21.6 Å². The lowest BCUT2D eigenvalue weighted by Crippen LogP contribution is -2.40. The second-order valence-corrected chi connectivity index (χ2v) is 7.15. The standard InChI is InChI=1S/C11H15ClF3N3O2S/c1-18-6-16-10(9(18)12)21(19,20)17-8-4-2-7(3-5-8)11(13,14)15/h6-8,17H,2-5H2,1H3. The highest BCUT2D eigenvalue weighted by Gasteiger charge is 2.42. The molecule has 10 heteroatoms. The number of alkyl halides is 3. The van der Waals surface area contributed by atoms with E-state index >= 15 is 0 Å². The highest BCUT2D eigenvalue weighted by molar-refractivity contribution is 7.89. The molecule has 2 rings (SSSR count). The molecule has 0 bridgehead atoms. The normalized spacial score (nSPS) is 24.2. The van der Waals surface area contributed by atoms with Gasteiger partial charge in [-0.15, -0.1) is 0 Å². The molecule has 1 saturated carbocycles.